The van der Waals surface area contributed by atoms with Crippen LogP contribution in [-0.4, -0.2) is 47.1 Å². The monoisotopic (exact) mass is 370 g/mol. The molecular weight excluding hydrogens is 348 g/mol. The van der Waals surface area contributed by atoms with Gasteiger partial charge >= 0.3 is 5.97 Å². The number of thiophene rings is 1. The Labute approximate surface area is 151 Å². The summed E-state index contributed by atoms with van der Waals surface area (Å²) in [5.41, 5.74) is 0. The summed E-state index contributed by atoms with van der Waals surface area (Å²) in [5.74, 6) is -0.292. The van der Waals surface area contributed by atoms with Gasteiger partial charge in [0.1, 0.15) is 0 Å². The molecular formula is C17H23ClN2O3S. The molecule has 132 valence electrons. The Morgan fingerprint density at radius 1 is 1.42 bits per heavy atom. The topological polar surface area (TPSA) is 69.6 Å². The lowest BCUT2D eigenvalue weighted by molar-refractivity contribution is -0.140. The van der Waals surface area contributed by atoms with Crippen LogP contribution in [0.2, 0.25) is 4.34 Å². The predicted molar refractivity (Wildman–Crippen MR) is 94.6 cm³/mol. The van der Waals surface area contributed by atoms with Crippen molar-refractivity contribution >= 4 is 34.8 Å². The Balaban J connectivity index is 1.46. The number of carboxylic acids is 1. The van der Waals surface area contributed by atoms with Crippen LogP contribution in [-0.2, 0) is 9.59 Å². The van der Waals surface area contributed by atoms with Crippen LogP contribution in [0.3, 0.4) is 0 Å². The molecule has 3 rings (SSSR count). The van der Waals surface area contributed by atoms with Crippen molar-refractivity contribution in [2.45, 2.75) is 50.6 Å². The van der Waals surface area contributed by atoms with E-state index in [0.717, 1.165) is 24.3 Å². The van der Waals surface area contributed by atoms with Gasteiger partial charge in [0.2, 0.25) is 5.91 Å². The highest BCUT2D eigenvalue weighted by Gasteiger charge is 2.38. The molecule has 24 heavy (non-hydrogen) atoms. The quantitative estimate of drug-likeness (QED) is 0.738. The van der Waals surface area contributed by atoms with Crippen LogP contribution in [0, 0.1) is 5.92 Å². The lowest BCUT2D eigenvalue weighted by atomic mass is 9.84. The van der Waals surface area contributed by atoms with Crippen molar-refractivity contribution in [3.8, 4) is 0 Å². The molecule has 2 N–H and O–H groups in total. The van der Waals surface area contributed by atoms with Gasteiger partial charge in [-0.1, -0.05) is 11.6 Å². The number of amides is 1. The Morgan fingerprint density at radius 3 is 2.67 bits per heavy atom. The smallest absolute Gasteiger partial charge is 0.317 e. The predicted octanol–water partition coefficient (Wildman–Crippen LogP) is 2.95. The largest absolute Gasteiger partial charge is 0.480 e. The molecule has 0 bridgehead atoms. The number of carbonyl (C=O) groups excluding carboxylic acids is 1. The van der Waals surface area contributed by atoms with Crippen molar-refractivity contribution in [2.24, 2.45) is 5.92 Å². The minimum atomic E-state index is -0.772. The highest BCUT2D eigenvalue weighted by atomic mass is 35.5. The van der Waals surface area contributed by atoms with E-state index < -0.39 is 5.97 Å². The van der Waals surface area contributed by atoms with Crippen molar-refractivity contribution < 1.29 is 14.7 Å². The number of aliphatic carboxylic acids is 1. The first-order valence-corrected chi connectivity index (χ1v) is 9.63. The van der Waals surface area contributed by atoms with E-state index in [-0.39, 0.29) is 30.5 Å². The Bertz CT molecular complexity index is 611. The van der Waals surface area contributed by atoms with Crippen molar-refractivity contribution in [3.63, 3.8) is 0 Å². The van der Waals surface area contributed by atoms with Gasteiger partial charge in [-0.15, -0.1) is 11.3 Å². The van der Waals surface area contributed by atoms with Gasteiger partial charge in [-0.25, -0.2) is 0 Å². The minimum absolute atomic E-state index is 0.0175. The summed E-state index contributed by atoms with van der Waals surface area (Å²) in [4.78, 5) is 26.4. The van der Waals surface area contributed by atoms with E-state index in [1.807, 2.05) is 19.1 Å². The molecule has 0 aromatic carbocycles. The molecule has 1 amide bonds. The average molecular weight is 371 g/mol. The first-order chi connectivity index (χ1) is 11.4. The van der Waals surface area contributed by atoms with E-state index >= 15 is 0 Å². The number of carbonyl (C=O) groups is 2. The molecule has 0 saturated heterocycles. The lowest BCUT2D eigenvalue weighted by Gasteiger charge is -2.43. The van der Waals surface area contributed by atoms with Gasteiger partial charge in [0.05, 0.1) is 16.8 Å². The van der Waals surface area contributed by atoms with E-state index in [2.05, 4.69) is 10.2 Å². The van der Waals surface area contributed by atoms with Gasteiger partial charge in [-0.2, -0.15) is 0 Å². The van der Waals surface area contributed by atoms with Crippen LogP contribution in [0.1, 0.15) is 43.4 Å². The Hall–Kier alpha value is -1.11. The number of carboxylic acid groups (broad SMARTS) is 1. The van der Waals surface area contributed by atoms with Crippen LogP contribution in [0.4, 0.5) is 0 Å². The summed E-state index contributed by atoms with van der Waals surface area (Å²) >= 11 is 7.36. The van der Waals surface area contributed by atoms with Crippen LogP contribution in [0.5, 0.6) is 0 Å². The maximum absolute atomic E-state index is 12.3. The molecule has 0 aliphatic heterocycles. The van der Waals surface area contributed by atoms with E-state index in [4.69, 9.17) is 16.7 Å². The van der Waals surface area contributed by atoms with Gasteiger partial charge in [-0.05, 0) is 50.7 Å². The summed E-state index contributed by atoms with van der Waals surface area (Å²) in [6, 6.07) is 4.13. The Kier molecular flexibility index (Phi) is 5.47. The number of nitrogens with zero attached hydrogens (tertiary/aromatic N) is 1. The summed E-state index contributed by atoms with van der Waals surface area (Å²) in [5, 5.41) is 12.2. The molecule has 1 unspecified atom stereocenters. The molecule has 1 aromatic heterocycles. The highest BCUT2D eigenvalue weighted by molar-refractivity contribution is 7.16. The highest BCUT2D eigenvalue weighted by Crippen LogP contribution is 2.34. The van der Waals surface area contributed by atoms with E-state index in [9.17, 15) is 9.59 Å². The number of halogens is 1. The van der Waals surface area contributed by atoms with E-state index in [0.29, 0.717) is 10.3 Å². The molecule has 2 saturated carbocycles. The van der Waals surface area contributed by atoms with Gasteiger partial charge in [0.15, 0.2) is 0 Å². The van der Waals surface area contributed by atoms with Gasteiger partial charge in [-0.3, -0.25) is 14.5 Å². The van der Waals surface area contributed by atoms with Crippen LogP contribution in [0.25, 0.3) is 0 Å². The molecule has 0 spiro atoms. The van der Waals surface area contributed by atoms with Gasteiger partial charge < -0.3 is 10.4 Å². The SMILES string of the molecule is CC(C(=O)NC1CC(N(CC(=O)O)CC2CC2)C1)c1ccc(Cl)s1. The fraction of sp³-hybridized carbons (Fsp3) is 0.647. The second kappa shape index (κ2) is 7.42. The molecule has 0 radical (unpaired) electrons. The molecule has 1 aromatic rings. The summed E-state index contributed by atoms with van der Waals surface area (Å²) in [6.45, 7) is 2.87. The zero-order chi connectivity index (χ0) is 17.3. The maximum Gasteiger partial charge on any atom is 0.317 e. The molecule has 5 nitrogen and oxygen atoms in total. The lowest BCUT2D eigenvalue weighted by Crippen LogP contribution is -2.55. The third kappa shape index (κ3) is 4.49. The molecule has 7 heteroatoms. The van der Waals surface area contributed by atoms with Crippen molar-refractivity contribution in [1.82, 2.24) is 10.2 Å². The van der Waals surface area contributed by atoms with Crippen LogP contribution < -0.4 is 5.32 Å². The molecule has 2 aliphatic carbocycles. The summed E-state index contributed by atoms with van der Waals surface area (Å²) < 4.78 is 0.692. The molecule has 1 atom stereocenters. The van der Waals surface area contributed by atoms with Crippen molar-refractivity contribution in [2.75, 3.05) is 13.1 Å². The average Bonchev–Trinajstić information content (AvgIpc) is 3.18. The van der Waals surface area contributed by atoms with Crippen LogP contribution >= 0.6 is 22.9 Å². The fourth-order valence-electron chi connectivity index (χ4n) is 3.17. The molecule has 2 aliphatic rings. The normalized spacial score (nSPS) is 24.5. The van der Waals surface area contributed by atoms with Gasteiger partial charge in [0, 0.05) is 23.5 Å². The second-order valence-corrected chi connectivity index (χ2v) is 8.71. The zero-order valence-corrected chi connectivity index (χ0v) is 15.3. The number of hydrogen-bond donors (Lipinski definition) is 2. The fourth-order valence-corrected chi connectivity index (χ4v) is 4.28. The molecule has 1 heterocycles. The summed E-state index contributed by atoms with van der Waals surface area (Å²) in [6.07, 6.45) is 4.10. The Morgan fingerprint density at radius 2 is 2.12 bits per heavy atom. The number of hydrogen-bond acceptors (Lipinski definition) is 4. The van der Waals surface area contributed by atoms with E-state index in [1.165, 1.54) is 24.2 Å². The van der Waals surface area contributed by atoms with E-state index in [1.54, 1.807) is 0 Å². The minimum Gasteiger partial charge on any atom is -0.480 e. The molecule has 2 fully saturated rings. The standard InChI is InChI=1S/C17H23ClN2O3S/c1-10(14-4-5-15(18)24-14)17(23)19-12-6-13(7-12)20(9-16(21)22)8-11-2-3-11/h4-5,10-13H,2-3,6-9H2,1H3,(H,19,23)(H,21,22). The van der Waals surface area contributed by atoms with Crippen molar-refractivity contribution in [3.05, 3.63) is 21.3 Å². The summed E-state index contributed by atoms with van der Waals surface area (Å²) in [7, 11) is 0. The number of nitrogens with one attached hydrogen (secondary N) is 1. The third-order valence-electron chi connectivity index (χ3n) is 4.92. The second-order valence-electron chi connectivity index (χ2n) is 6.96. The number of rotatable bonds is 8. The van der Waals surface area contributed by atoms with Crippen LogP contribution in [0.15, 0.2) is 12.1 Å². The van der Waals surface area contributed by atoms with Crippen molar-refractivity contribution in [1.29, 1.82) is 0 Å². The first kappa shape index (κ1) is 17.7. The third-order valence-corrected chi connectivity index (χ3v) is 6.33. The maximum atomic E-state index is 12.3. The van der Waals surface area contributed by atoms with Gasteiger partial charge in [0.25, 0.3) is 0 Å². The zero-order valence-electron chi connectivity index (χ0n) is 13.7. The first-order valence-electron chi connectivity index (χ1n) is 8.44.